The fourth-order valence-electron chi connectivity index (χ4n) is 1.31. The number of alkyl halides is 1. The van der Waals surface area contributed by atoms with Gasteiger partial charge in [-0.1, -0.05) is 22.0 Å². The van der Waals surface area contributed by atoms with Crippen molar-refractivity contribution in [2.24, 2.45) is 0 Å². The maximum Gasteiger partial charge on any atom is 0.301 e. The largest absolute Gasteiger partial charge is 0.468 e. The van der Waals surface area contributed by atoms with Crippen molar-refractivity contribution in [3.05, 3.63) is 30.1 Å². The summed E-state index contributed by atoms with van der Waals surface area (Å²) in [6.45, 7) is 0. The standard InChI is InChI=1S/C9H9BrN2O/c1-13-9-11-7(6-10)8-4-2-3-5-12(8)9/h2-5H,6H2,1H3. The first-order valence-corrected chi connectivity index (χ1v) is 5.05. The van der Waals surface area contributed by atoms with Crippen molar-refractivity contribution >= 4 is 21.4 Å². The van der Waals surface area contributed by atoms with E-state index >= 15 is 0 Å². The Hall–Kier alpha value is -1.03. The van der Waals surface area contributed by atoms with Gasteiger partial charge in [0.2, 0.25) is 0 Å². The summed E-state index contributed by atoms with van der Waals surface area (Å²) >= 11 is 3.39. The summed E-state index contributed by atoms with van der Waals surface area (Å²) in [6.07, 6.45) is 1.94. The zero-order valence-corrected chi connectivity index (χ0v) is 8.78. The predicted octanol–water partition coefficient (Wildman–Crippen LogP) is 2.24. The summed E-state index contributed by atoms with van der Waals surface area (Å²) in [5.41, 5.74) is 2.08. The lowest BCUT2D eigenvalue weighted by Gasteiger charge is -1.96. The van der Waals surface area contributed by atoms with E-state index in [1.54, 1.807) is 7.11 Å². The van der Waals surface area contributed by atoms with Gasteiger partial charge in [-0.15, -0.1) is 0 Å². The average molecular weight is 241 g/mol. The molecule has 0 unspecified atom stereocenters. The third-order valence-corrected chi connectivity index (χ3v) is 2.43. The summed E-state index contributed by atoms with van der Waals surface area (Å²) in [5, 5.41) is 0.740. The quantitative estimate of drug-likeness (QED) is 0.753. The molecule has 68 valence electrons. The van der Waals surface area contributed by atoms with Crippen LogP contribution in [0.1, 0.15) is 5.69 Å². The highest BCUT2D eigenvalue weighted by atomic mass is 79.9. The molecule has 13 heavy (non-hydrogen) atoms. The summed E-state index contributed by atoms with van der Waals surface area (Å²) in [6, 6.07) is 6.59. The highest BCUT2D eigenvalue weighted by Crippen LogP contribution is 2.19. The second-order valence-electron chi connectivity index (χ2n) is 2.63. The lowest BCUT2D eigenvalue weighted by molar-refractivity contribution is 0.377. The molecule has 2 heterocycles. The van der Waals surface area contributed by atoms with Gasteiger partial charge in [-0.3, -0.25) is 4.40 Å². The Balaban J connectivity index is 2.74. The molecule has 3 nitrogen and oxygen atoms in total. The Morgan fingerprint density at radius 1 is 1.54 bits per heavy atom. The monoisotopic (exact) mass is 240 g/mol. The highest BCUT2D eigenvalue weighted by molar-refractivity contribution is 9.08. The van der Waals surface area contributed by atoms with Crippen molar-refractivity contribution in [3.63, 3.8) is 0 Å². The number of halogens is 1. The van der Waals surface area contributed by atoms with E-state index in [0.29, 0.717) is 6.01 Å². The molecule has 0 saturated carbocycles. The van der Waals surface area contributed by atoms with Crippen molar-refractivity contribution in [1.29, 1.82) is 0 Å². The molecule has 2 aromatic rings. The first kappa shape index (κ1) is 8.56. The number of methoxy groups -OCH3 is 1. The van der Waals surface area contributed by atoms with E-state index in [-0.39, 0.29) is 0 Å². The van der Waals surface area contributed by atoms with Crippen LogP contribution in [0.3, 0.4) is 0 Å². The second kappa shape index (κ2) is 3.38. The molecular weight excluding hydrogens is 232 g/mol. The number of pyridine rings is 1. The second-order valence-corrected chi connectivity index (χ2v) is 3.20. The number of hydrogen-bond acceptors (Lipinski definition) is 2. The van der Waals surface area contributed by atoms with Crippen LogP contribution in [0.5, 0.6) is 6.01 Å². The van der Waals surface area contributed by atoms with Crippen LogP contribution in [0.15, 0.2) is 24.4 Å². The highest BCUT2D eigenvalue weighted by Gasteiger charge is 2.08. The van der Waals surface area contributed by atoms with Gasteiger partial charge in [0.25, 0.3) is 0 Å². The number of imidazole rings is 1. The van der Waals surface area contributed by atoms with Crippen LogP contribution >= 0.6 is 15.9 Å². The molecule has 2 aromatic heterocycles. The van der Waals surface area contributed by atoms with E-state index < -0.39 is 0 Å². The van der Waals surface area contributed by atoms with Crippen molar-refractivity contribution in [3.8, 4) is 6.01 Å². The van der Waals surface area contributed by atoms with Crippen LogP contribution in [0, 0.1) is 0 Å². The maximum atomic E-state index is 5.14. The van der Waals surface area contributed by atoms with E-state index in [1.807, 2.05) is 28.8 Å². The summed E-state index contributed by atoms with van der Waals surface area (Å²) in [5.74, 6) is 0. The minimum Gasteiger partial charge on any atom is -0.468 e. The van der Waals surface area contributed by atoms with Gasteiger partial charge in [0.15, 0.2) is 0 Å². The Morgan fingerprint density at radius 2 is 2.38 bits per heavy atom. The number of aromatic nitrogens is 2. The molecule has 0 radical (unpaired) electrons. The van der Waals surface area contributed by atoms with Gasteiger partial charge in [-0.25, -0.2) is 0 Å². The van der Waals surface area contributed by atoms with Crippen LogP contribution in [-0.4, -0.2) is 16.5 Å². The van der Waals surface area contributed by atoms with Crippen LogP contribution in [0.4, 0.5) is 0 Å². The SMILES string of the molecule is COc1nc(CBr)c2ccccn12. The van der Waals surface area contributed by atoms with Crippen molar-refractivity contribution in [1.82, 2.24) is 9.38 Å². The minimum atomic E-state index is 0.630. The van der Waals surface area contributed by atoms with Crippen molar-refractivity contribution in [2.45, 2.75) is 5.33 Å². The fourth-order valence-corrected chi connectivity index (χ4v) is 1.73. The molecule has 0 aromatic carbocycles. The first-order valence-electron chi connectivity index (χ1n) is 3.92. The molecular formula is C9H9BrN2O. The average Bonchev–Trinajstić information content (AvgIpc) is 2.56. The molecule has 0 aliphatic heterocycles. The number of fused-ring (bicyclic) bond motifs is 1. The lowest BCUT2D eigenvalue weighted by Crippen LogP contribution is -1.89. The third-order valence-electron chi connectivity index (χ3n) is 1.90. The van der Waals surface area contributed by atoms with E-state index in [9.17, 15) is 0 Å². The molecule has 0 fully saturated rings. The number of nitrogens with zero attached hydrogens (tertiary/aromatic N) is 2. The Labute approximate surface area is 84.5 Å². The Morgan fingerprint density at radius 3 is 3.08 bits per heavy atom. The van der Waals surface area contributed by atoms with Crippen molar-refractivity contribution < 1.29 is 4.74 Å². The van der Waals surface area contributed by atoms with E-state index in [4.69, 9.17) is 4.74 Å². The number of ether oxygens (including phenoxy) is 1. The number of hydrogen-bond donors (Lipinski definition) is 0. The summed E-state index contributed by atoms with van der Waals surface area (Å²) in [7, 11) is 1.62. The van der Waals surface area contributed by atoms with E-state index in [1.165, 1.54) is 0 Å². The predicted molar refractivity (Wildman–Crippen MR) is 54.4 cm³/mol. The van der Waals surface area contributed by atoms with Crippen molar-refractivity contribution in [2.75, 3.05) is 7.11 Å². The molecule has 0 amide bonds. The number of rotatable bonds is 2. The van der Waals surface area contributed by atoms with Crippen LogP contribution in [0.2, 0.25) is 0 Å². The lowest BCUT2D eigenvalue weighted by atomic mass is 10.3. The van der Waals surface area contributed by atoms with Gasteiger partial charge in [0.05, 0.1) is 18.3 Å². The summed E-state index contributed by atoms with van der Waals surface area (Å²) in [4.78, 5) is 4.32. The molecule has 0 bridgehead atoms. The smallest absolute Gasteiger partial charge is 0.301 e. The van der Waals surface area contributed by atoms with Gasteiger partial charge >= 0.3 is 6.01 Å². The fraction of sp³-hybridized carbons (Fsp3) is 0.222. The maximum absolute atomic E-state index is 5.14. The van der Waals surface area contributed by atoms with Crippen LogP contribution < -0.4 is 4.74 Å². The van der Waals surface area contributed by atoms with Gasteiger partial charge in [0, 0.05) is 11.5 Å². The van der Waals surface area contributed by atoms with Gasteiger partial charge < -0.3 is 4.74 Å². The molecule has 0 N–H and O–H groups in total. The molecule has 2 rings (SSSR count). The molecule has 0 atom stereocenters. The molecule has 0 spiro atoms. The Bertz CT molecular complexity index is 386. The van der Waals surface area contributed by atoms with Crippen LogP contribution in [0.25, 0.3) is 5.52 Å². The zero-order valence-electron chi connectivity index (χ0n) is 7.20. The van der Waals surface area contributed by atoms with Crippen LogP contribution in [-0.2, 0) is 5.33 Å². The summed E-state index contributed by atoms with van der Waals surface area (Å²) < 4.78 is 7.07. The zero-order chi connectivity index (χ0) is 9.26. The molecule has 4 heteroatoms. The molecule has 0 aliphatic carbocycles. The van der Waals surface area contributed by atoms with Gasteiger partial charge in [-0.2, -0.15) is 4.98 Å². The first-order chi connectivity index (χ1) is 6.36. The topological polar surface area (TPSA) is 26.5 Å². The van der Waals surface area contributed by atoms with E-state index in [0.717, 1.165) is 16.5 Å². The van der Waals surface area contributed by atoms with Gasteiger partial charge in [-0.05, 0) is 12.1 Å². The third kappa shape index (κ3) is 1.31. The van der Waals surface area contributed by atoms with Gasteiger partial charge in [0.1, 0.15) is 0 Å². The molecule has 0 saturated heterocycles. The van der Waals surface area contributed by atoms with E-state index in [2.05, 4.69) is 20.9 Å². The Kier molecular flexibility index (Phi) is 2.22. The molecule has 0 aliphatic rings. The minimum absolute atomic E-state index is 0.630. The normalized spacial score (nSPS) is 10.6.